The summed E-state index contributed by atoms with van der Waals surface area (Å²) in [7, 11) is 0. The molecule has 1 rings (SSSR count). The van der Waals surface area contributed by atoms with E-state index in [4.69, 9.17) is 23.2 Å². The first-order valence-corrected chi connectivity index (χ1v) is 5.41. The van der Waals surface area contributed by atoms with Crippen molar-refractivity contribution in [3.8, 4) is 0 Å². The molecule has 0 amide bonds. The SMILES string of the molecule is CC(C)/C(C=O)=C/c1cc(Cl)cc(Cl)c1. The average Bonchev–Trinajstić information content (AvgIpc) is 2.12. The molecule has 15 heavy (non-hydrogen) atoms. The predicted molar refractivity (Wildman–Crippen MR) is 65.3 cm³/mol. The van der Waals surface area contributed by atoms with Crippen molar-refractivity contribution in [2.45, 2.75) is 13.8 Å². The van der Waals surface area contributed by atoms with Crippen molar-refractivity contribution in [3.63, 3.8) is 0 Å². The lowest BCUT2D eigenvalue weighted by atomic mass is 10.0. The summed E-state index contributed by atoms with van der Waals surface area (Å²) >= 11 is 11.7. The largest absolute Gasteiger partial charge is 0.298 e. The van der Waals surface area contributed by atoms with Crippen LogP contribution in [0.4, 0.5) is 0 Å². The number of carbonyl (C=O) groups is 1. The van der Waals surface area contributed by atoms with E-state index in [2.05, 4.69) is 0 Å². The van der Waals surface area contributed by atoms with Crippen molar-refractivity contribution in [2.24, 2.45) is 5.92 Å². The molecule has 1 aromatic carbocycles. The van der Waals surface area contributed by atoms with E-state index in [1.54, 1.807) is 24.3 Å². The molecule has 0 atom stereocenters. The molecule has 0 aliphatic rings. The second-order valence-corrected chi connectivity index (χ2v) is 4.49. The highest BCUT2D eigenvalue weighted by molar-refractivity contribution is 6.34. The first-order chi connectivity index (χ1) is 7.02. The lowest BCUT2D eigenvalue weighted by Crippen LogP contribution is -1.94. The van der Waals surface area contributed by atoms with E-state index in [1.165, 1.54) is 0 Å². The van der Waals surface area contributed by atoms with Gasteiger partial charge >= 0.3 is 0 Å². The van der Waals surface area contributed by atoms with Crippen LogP contribution in [0.3, 0.4) is 0 Å². The Kier molecular flexibility index (Phi) is 4.37. The van der Waals surface area contributed by atoms with Gasteiger partial charge in [0.15, 0.2) is 0 Å². The summed E-state index contributed by atoms with van der Waals surface area (Å²) in [5.74, 6) is 0.195. The van der Waals surface area contributed by atoms with Gasteiger partial charge in [0, 0.05) is 10.0 Å². The van der Waals surface area contributed by atoms with Crippen LogP contribution in [-0.4, -0.2) is 6.29 Å². The van der Waals surface area contributed by atoms with E-state index in [0.29, 0.717) is 10.0 Å². The van der Waals surface area contributed by atoms with Crippen molar-refractivity contribution >= 4 is 35.6 Å². The molecular formula is C12H12Cl2O. The maximum atomic E-state index is 10.8. The molecule has 1 nitrogen and oxygen atoms in total. The first-order valence-electron chi connectivity index (χ1n) is 4.66. The van der Waals surface area contributed by atoms with Crippen molar-refractivity contribution < 1.29 is 4.79 Å². The van der Waals surface area contributed by atoms with E-state index < -0.39 is 0 Å². The minimum Gasteiger partial charge on any atom is -0.298 e. The lowest BCUT2D eigenvalue weighted by Gasteiger charge is -2.04. The van der Waals surface area contributed by atoms with Gasteiger partial charge in [-0.3, -0.25) is 4.79 Å². The molecule has 0 fully saturated rings. The van der Waals surface area contributed by atoms with Crippen LogP contribution < -0.4 is 0 Å². The minimum atomic E-state index is 0.195. The first kappa shape index (κ1) is 12.3. The highest BCUT2D eigenvalue weighted by Gasteiger charge is 2.02. The fourth-order valence-corrected chi connectivity index (χ4v) is 1.73. The number of aldehydes is 1. The Morgan fingerprint density at radius 1 is 1.20 bits per heavy atom. The Morgan fingerprint density at radius 2 is 1.73 bits per heavy atom. The maximum Gasteiger partial charge on any atom is 0.146 e. The van der Waals surface area contributed by atoms with Crippen LogP contribution in [0.2, 0.25) is 10.0 Å². The van der Waals surface area contributed by atoms with Crippen molar-refractivity contribution in [1.82, 2.24) is 0 Å². The van der Waals surface area contributed by atoms with E-state index in [0.717, 1.165) is 17.4 Å². The van der Waals surface area contributed by atoms with Crippen molar-refractivity contribution in [1.29, 1.82) is 0 Å². The fraction of sp³-hybridized carbons (Fsp3) is 0.250. The monoisotopic (exact) mass is 242 g/mol. The average molecular weight is 243 g/mol. The van der Waals surface area contributed by atoms with Crippen LogP contribution in [0.25, 0.3) is 6.08 Å². The Morgan fingerprint density at radius 3 is 2.13 bits per heavy atom. The van der Waals surface area contributed by atoms with Gasteiger partial charge in [-0.2, -0.15) is 0 Å². The van der Waals surface area contributed by atoms with Crippen LogP contribution in [0.15, 0.2) is 23.8 Å². The van der Waals surface area contributed by atoms with E-state index in [9.17, 15) is 4.79 Å². The van der Waals surface area contributed by atoms with Gasteiger partial charge in [-0.15, -0.1) is 0 Å². The molecule has 0 aliphatic heterocycles. The highest BCUT2D eigenvalue weighted by Crippen LogP contribution is 2.21. The minimum absolute atomic E-state index is 0.195. The molecule has 1 aromatic rings. The fourth-order valence-electron chi connectivity index (χ4n) is 1.19. The molecule has 80 valence electrons. The van der Waals surface area contributed by atoms with Gasteiger partial charge in [-0.1, -0.05) is 37.0 Å². The Bertz CT molecular complexity index is 374. The lowest BCUT2D eigenvalue weighted by molar-refractivity contribution is -0.105. The smallest absolute Gasteiger partial charge is 0.146 e. The third kappa shape index (κ3) is 3.69. The molecule has 0 bridgehead atoms. The van der Waals surface area contributed by atoms with Crippen molar-refractivity contribution in [3.05, 3.63) is 39.4 Å². The molecule has 0 aromatic heterocycles. The molecule has 0 heterocycles. The van der Waals surface area contributed by atoms with E-state index in [-0.39, 0.29) is 5.92 Å². The highest BCUT2D eigenvalue weighted by atomic mass is 35.5. The number of allylic oxidation sites excluding steroid dienone is 1. The van der Waals surface area contributed by atoms with Gasteiger partial charge in [-0.05, 0) is 41.3 Å². The van der Waals surface area contributed by atoms with Gasteiger partial charge in [0.2, 0.25) is 0 Å². The molecule has 0 radical (unpaired) electrons. The molecule has 0 aliphatic carbocycles. The summed E-state index contributed by atoms with van der Waals surface area (Å²) in [6.07, 6.45) is 2.66. The topological polar surface area (TPSA) is 17.1 Å². The summed E-state index contributed by atoms with van der Waals surface area (Å²) in [5, 5.41) is 1.14. The molecular weight excluding hydrogens is 231 g/mol. The normalized spacial score (nSPS) is 11.9. The number of hydrogen-bond acceptors (Lipinski definition) is 1. The number of benzene rings is 1. The van der Waals surface area contributed by atoms with Crippen LogP contribution in [0.1, 0.15) is 19.4 Å². The van der Waals surface area contributed by atoms with Gasteiger partial charge in [-0.25, -0.2) is 0 Å². The van der Waals surface area contributed by atoms with Gasteiger partial charge in [0.25, 0.3) is 0 Å². The Balaban J connectivity index is 3.11. The zero-order chi connectivity index (χ0) is 11.4. The quantitative estimate of drug-likeness (QED) is 0.573. The van der Waals surface area contributed by atoms with Crippen LogP contribution in [-0.2, 0) is 4.79 Å². The molecule has 0 unspecified atom stereocenters. The predicted octanol–water partition coefficient (Wildman–Crippen LogP) is 4.23. The zero-order valence-corrected chi connectivity index (χ0v) is 10.1. The number of carbonyl (C=O) groups excluding carboxylic acids is 1. The zero-order valence-electron chi connectivity index (χ0n) is 8.63. The van der Waals surface area contributed by atoms with Crippen LogP contribution >= 0.6 is 23.2 Å². The third-order valence-corrected chi connectivity index (χ3v) is 2.46. The van der Waals surface area contributed by atoms with Crippen LogP contribution in [0.5, 0.6) is 0 Å². The molecule has 0 saturated carbocycles. The summed E-state index contributed by atoms with van der Waals surface area (Å²) in [6.45, 7) is 3.93. The third-order valence-electron chi connectivity index (χ3n) is 2.02. The maximum absolute atomic E-state index is 10.8. The van der Waals surface area contributed by atoms with Crippen molar-refractivity contribution in [2.75, 3.05) is 0 Å². The van der Waals surface area contributed by atoms with Gasteiger partial charge in [0.05, 0.1) is 0 Å². The Hall–Kier alpha value is -0.790. The summed E-state index contributed by atoms with van der Waals surface area (Å²) in [6, 6.07) is 5.22. The van der Waals surface area contributed by atoms with Gasteiger partial charge < -0.3 is 0 Å². The van der Waals surface area contributed by atoms with Crippen LogP contribution in [0, 0.1) is 5.92 Å². The molecule has 0 saturated heterocycles. The summed E-state index contributed by atoms with van der Waals surface area (Å²) in [5.41, 5.74) is 1.58. The van der Waals surface area contributed by atoms with E-state index in [1.807, 2.05) is 13.8 Å². The number of hydrogen-bond donors (Lipinski definition) is 0. The number of rotatable bonds is 3. The molecule has 0 N–H and O–H groups in total. The second-order valence-electron chi connectivity index (χ2n) is 3.62. The van der Waals surface area contributed by atoms with E-state index >= 15 is 0 Å². The Labute approximate surface area is 99.7 Å². The number of halogens is 2. The summed E-state index contributed by atoms with van der Waals surface area (Å²) in [4.78, 5) is 10.8. The second kappa shape index (κ2) is 5.34. The molecule has 3 heteroatoms. The van der Waals surface area contributed by atoms with Gasteiger partial charge in [0.1, 0.15) is 6.29 Å². The summed E-state index contributed by atoms with van der Waals surface area (Å²) < 4.78 is 0. The standard InChI is InChI=1S/C12H12Cl2O/c1-8(2)10(7-15)3-9-4-11(13)6-12(14)5-9/h3-8H,1-2H3/b10-3+. The molecule has 0 spiro atoms.